The van der Waals surface area contributed by atoms with E-state index in [1.165, 1.54) is 11.3 Å². The summed E-state index contributed by atoms with van der Waals surface area (Å²) in [7, 11) is 0. The van der Waals surface area contributed by atoms with E-state index in [0.29, 0.717) is 35.9 Å². The zero-order valence-corrected chi connectivity index (χ0v) is 21.4. The Bertz CT molecular complexity index is 1110. The molecule has 0 spiro atoms. The van der Waals surface area contributed by atoms with Gasteiger partial charge in [-0.15, -0.1) is 11.3 Å². The van der Waals surface area contributed by atoms with Crippen LogP contribution in [0.4, 0.5) is 5.00 Å². The zero-order valence-electron chi connectivity index (χ0n) is 20.6. The summed E-state index contributed by atoms with van der Waals surface area (Å²) in [5.74, 6) is 0.803. The molecule has 0 aliphatic carbocycles. The van der Waals surface area contributed by atoms with Crippen LogP contribution in [0.3, 0.4) is 0 Å². The molecule has 0 atom stereocenters. The molecule has 3 rings (SSSR count). The number of unbranched alkanes of at least 4 members (excludes halogenated alkanes) is 1. The van der Waals surface area contributed by atoms with Crippen LogP contribution in [-0.4, -0.2) is 31.7 Å². The van der Waals surface area contributed by atoms with Gasteiger partial charge in [0.1, 0.15) is 10.6 Å². The van der Waals surface area contributed by atoms with E-state index >= 15 is 0 Å². The predicted molar refractivity (Wildman–Crippen MR) is 141 cm³/mol. The molecule has 0 saturated heterocycles. The van der Waals surface area contributed by atoms with Crippen LogP contribution in [0.2, 0.25) is 0 Å². The average Bonchev–Trinajstić information content (AvgIpc) is 3.28. The lowest BCUT2D eigenvalue weighted by molar-refractivity contribution is -0.116. The van der Waals surface area contributed by atoms with Crippen molar-refractivity contribution in [3.8, 4) is 22.6 Å². The molecule has 1 amide bonds. The van der Waals surface area contributed by atoms with Gasteiger partial charge < -0.3 is 19.5 Å². The molecule has 0 aliphatic heterocycles. The molecule has 0 fully saturated rings. The molecule has 0 aliphatic rings. The lowest BCUT2D eigenvalue weighted by Gasteiger charge is -2.13. The molecular formula is C28H33NO5S. The van der Waals surface area contributed by atoms with E-state index in [-0.39, 0.29) is 18.9 Å². The van der Waals surface area contributed by atoms with Crippen LogP contribution in [0.5, 0.6) is 11.5 Å². The van der Waals surface area contributed by atoms with Crippen LogP contribution in [0.15, 0.2) is 53.9 Å². The van der Waals surface area contributed by atoms with E-state index in [4.69, 9.17) is 14.2 Å². The van der Waals surface area contributed by atoms with Crippen LogP contribution in [0.25, 0.3) is 11.1 Å². The first kappa shape index (κ1) is 26.3. The van der Waals surface area contributed by atoms with E-state index in [9.17, 15) is 9.59 Å². The Morgan fingerprint density at radius 3 is 2.46 bits per heavy atom. The van der Waals surface area contributed by atoms with Crippen molar-refractivity contribution in [2.75, 3.05) is 25.1 Å². The highest BCUT2D eigenvalue weighted by atomic mass is 32.1. The maximum atomic E-state index is 12.8. The molecule has 7 heteroatoms. The fourth-order valence-electron chi connectivity index (χ4n) is 3.55. The minimum absolute atomic E-state index is 0.168. The second kappa shape index (κ2) is 13.5. The number of amides is 1. The Kier molecular flexibility index (Phi) is 10.2. The van der Waals surface area contributed by atoms with Gasteiger partial charge in [0, 0.05) is 17.4 Å². The normalized spacial score (nSPS) is 10.6. The Balaban J connectivity index is 1.70. The zero-order chi connectivity index (χ0) is 25.0. The molecule has 0 saturated carbocycles. The molecular weight excluding hydrogens is 462 g/mol. The summed E-state index contributed by atoms with van der Waals surface area (Å²) < 4.78 is 16.9. The fourth-order valence-corrected chi connectivity index (χ4v) is 4.53. The largest absolute Gasteiger partial charge is 0.490 e. The first-order chi connectivity index (χ1) is 17.1. The standard InChI is InChI=1S/C28H33NO5S/c1-4-7-17-34-23-15-13-20(18-24(23)32-5-2)14-16-25(30)29-27-26(28(31)33-6-3)22(19-35-27)21-11-9-8-10-12-21/h8-13,15,18-19H,4-7,14,16-17H2,1-3H3,(H,29,30). The van der Waals surface area contributed by atoms with Crippen LogP contribution in [-0.2, 0) is 16.0 Å². The molecule has 6 nitrogen and oxygen atoms in total. The van der Waals surface area contributed by atoms with Gasteiger partial charge in [0.25, 0.3) is 0 Å². The van der Waals surface area contributed by atoms with Gasteiger partial charge >= 0.3 is 5.97 Å². The molecule has 0 radical (unpaired) electrons. The molecule has 0 unspecified atom stereocenters. The number of thiophene rings is 1. The van der Waals surface area contributed by atoms with E-state index in [0.717, 1.165) is 35.3 Å². The predicted octanol–water partition coefficient (Wildman–Crippen LogP) is 6.74. The topological polar surface area (TPSA) is 73.9 Å². The Morgan fingerprint density at radius 2 is 1.74 bits per heavy atom. The third-order valence-electron chi connectivity index (χ3n) is 5.31. The second-order valence-electron chi connectivity index (χ2n) is 7.90. The van der Waals surface area contributed by atoms with Crippen molar-refractivity contribution in [1.29, 1.82) is 0 Å². The third kappa shape index (κ3) is 7.33. The van der Waals surface area contributed by atoms with Gasteiger partial charge in [0.2, 0.25) is 5.91 Å². The Labute approximate surface area is 211 Å². The number of ether oxygens (including phenoxy) is 3. The van der Waals surface area contributed by atoms with E-state index in [1.807, 2.05) is 60.8 Å². The van der Waals surface area contributed by atoms with Gasteiger partial charge in [0.15, 0.2) is 11.5 Å². The summed E-state index contributed by atoms with van der Waals surface area (Å²) in [6.07, 6.45) is 2.84. The van der Waals surface area contributed by atoms with Gasteiger partial charge in [-0.1, -0.05) is 49.7 Å². The minimum atomic E-state index is -0.442. The molecule has 1 aromatic heterocycles. The summed E-state index contributed by atoms with van der Waals surface area (Å²) >= 11 is 1.33. The number of benzene rings is 2. The molecule has 3 aromatic rings. The maximum absolute atomic E-state index is 12.8. The molecule has 2 aromatic carbocycles. The quantitative estimate of drug-likeness (QED) is 0.210. The number of rotatable bonds is 13. The molecule has 0 bridgehead atoms. The monoisotopic (exact) mass is 495 g/mol. The summed E-state index contributed by atoms with van der Waals surface area (Å²) in [6, 6.07) is 15.4. The SMILES string of the molecule is CCCCOc1ccc(CCC(=O)Nc2scc(-c3ccccc3)c2C(=O)OCC)cc1OCC. The highest BCUT2D eigenvalue weighted by Gasteiger charge is 2.22. The summed E-state index contributed by atoms with van der Waals surface area (Å²) in [6.45, 7) is 7.26. The van der Waals surface area contributed by atoms with Crippen molar-refractivity contribution in [2.24, 2.45) is 0 Å². The lowest BCUT2D eigenvalue weighted by atomic mass is 10.0. The molecule has 35 heavy (non-hydrogen) atoms. The minimum Gasteiger partial charge on any atom is -0.490 e. The van der Waals surface area contributed by atoms with E-state index < -0.39 is 5.97 Å². The first-order valence-corrected chi connectivity index (χ1v) is 13.0. The van der Waals surface area contributed by atoms with Crippen molar-refractivity contribution < 1.29 is 23.8 Å². The van der Waals surface area contributed by atoms with Gasteiger partial charge in [-0.05, 0) is 49.9 Å². The highest BCUT2D eigenvalue weighted by molar-refractivity contribution is 7.15. The number of carbonyl (C=O) groups excluding carboxylic acids is 2. The fraction of sp³-hybridized carbons (Fsp3) is 0.357. The third-order valence-corrected chi connectivity index (χ3v) is 6.21. The van der Waals surface area contributed by atoms with Crippen LogP contribution >= 0.6 is 11.3 Å². The summed E-state index contributed by atoms with van der Waals surface area (Å²) in [5, 5.41) is 5.30. The number of hydrogen-bond acceptors (Lipinski definition) is 6. The first-order valence-electron chi connectivity index (χ1n) is 12.1. The van der Waals surface area contributed by atoms with Crippen LogP contribution in [0.1, 0.15) is 56.0 Å². The number of nitrogens with one attached hydrogen (secondary N) is 1. The molecule has 1 N–H and O–H groups in total. The van der Waals surface area contributed by atoms with Crippen LogP contribution in [0, 0.1) is 0 Å². The summed E-state index contributed by atoms with van der Waals surface area (Å²) in [5.41, 5.74) is 3.03. The average molecular weight is 496 g/mol. The number of anilines is 1. The van der Waals surface area contributed by atoms with Crippen molar-refractivity contribution >= 4 is 28.2 Å². The molecule has 186 valence electrons. The van der Waals surface area contributed by atoms with Crippen molar-refractivity contribution in [2.45, 2.75) is 46.5 Å². The lowest BCUT2D eigenvalue weighted by Crippen LogP contribution is -2.15. The number of carbonyl (C=O) groups is 2. The number of esters is 1. The second-order valence-corrected chi connectivity index (χ2v) is 8.78. The maximum Gasteiger partial charge on any atom is 0.341 e. The van der Waals surface area contributed by atoms with Gasteiger partial charge in [-0.3, -0.25) is 4.79 Å². The molecule has 1 heterocycles. The van der Waals surface area contributed by atoms with E-state index in [1.54, 1.807) is 6.92 Å². The van der Waals surface area contributed by atoms with Gasteiger partial charge in [0.05, 0.1) is 19.8 Å². The van der Waals surface area contributed by atoms with Crippen LogP contribution < -0.4 is 14.8 Å². The number of aryl methyl sites for hydroxylation is 1. The highest BCUT2D eigenvalue weighted by Crippen LogP contribution is 2.36. The van der Waals surface area contributed by atoms with Gasteiger partial charge in [-0.2, -0.15) is 0 Å². The van der Waals surface area contributed by atoms with Crippen molar-refractivity contribution in [3.05, 3.63) is 65.0 Å². The van der Waals surface area contributed by atoms with Crippen molar-refractivity contribution in [3.63, 3.8) is 0 Å². The Morgan fingerprint density at radius 1 is 0.943 bits per heavy atom. The number of hydrogen-bond donors (Lipinski definition) is 1. The van der Waals surface area contributed by atoms with E-state index in [2.05, 4.69) is 12.2 Å². The summed E-state index contributed by atoms with van der Waals surface area (Å²) in [4.78, 5) is 25.5. The Hall–Kier alpha value is -3.32. The van der Waals surface area contributed by atoms with Gasteiger partial charge in [-0.25, -0.2) is 4.79 Å². The van der Waals surface area contributed by atoms with Crippen molar-refractivity contribution in [1.82, 2.24) is 0 Å². The smallest absolute Gasteiger partial charge is 0.341 e.